The summed E-state index contributed by atoms with van der Waals surface area (Å²) in [6, 6.07) is 7.87. The second-order valence-corrected chi connectivity index (χ2v) is 4.40. The van der Waals surface area contributed by atoms with Gasteiger partial charge in [-0.05, 0) is 30.3 Å². The molecule has 0 radical (unpaired) electrons. The SMILES string of the molecule is Nc1nc(C(=O)O)ccc1-c1cc(Cl)ccc1Cl. The van der Waals surface area contributed by atoms with Crippen molar-refractivity contribution in [1.29, 1.82) is 0 Å². The maximum Gasteiger partial charge on any atom is 0.354 e. The van der Waals surface area contributed by atoms with E-state index in [2.05, 4.69) is 4.98 Å². The Morgan fingerprint density at radius 3 is 2.50 bits per heavy atom. The minimum absolute atomic E-state index is 0.0964. The van der Waals surface area contributed by atoms with E-state index in [9.17, 15) is 4.79 Å². The van der Waals surface area contributed by atoms with Crippen molar-refractivity contribution < 1.29 is 9.90 Å². The van der Waals surface area contributed by atoms with E-state index in [1.54, 1.807) is 24.3 Å². The molecule has 1 heterocycles. The van der Waals surface area contributed by atoms with Crippen LogP contribution in [-0.4, -0.2) is 16.1 Å². The van der Waals surface area contributed by atoms with Crippen molar-refractivity contribution in [2.45, 2.75) is 0 Å². The first-order valence-electron chi connectivity index (χ1n) is 4.94. The average molecular weight is 283 g/mol. The molecule has 0 amide bonds. The van der Waals surface area contributed by atoms with Gasteiger partial charge in [-0.25, -0.2) is 9.78 Å². The van der Waals surface area contributed by atoms with Gasteiger partial charge < -0.3 is 10.8 Å². The molecule has 6 heteroatoms. The topological polar surface area (TPSA) is 76.2 Å². The third-order valence-corrected chi connectivity index (χ3v) is 2.93. The van der Waals surface area contributed by atoms with Crippen LogP contribution in [0.25, 0.3) is 11.1 Å². The molecule has 0 aliphatic carbocycles. The summed E-state index contributed by atoms with van der Waals surface area (Å²) >= 11 is 11.9. The van der Waals surface area contributed by atoms with Gasteiger partial charge in [0.15, 0.2) is 5.69 Å². The fourth-order valence-corrected chi connectivity index (χ4v) is 1.92. The molecular formula is C12H8Cl2N2O2. The summed E-state index contributed by atoms with van der Waals surface area (Å²) in [6.45, 7) is 0. The van der Waals surface area contributed by atoms with Gasteiger partial charge in [0.1, 0.15) is 5.82 Å². The van der Waals surface area contributed by atoms with Crippen molar-refractivity contribution in [3.8, 4) is 11.1 Å². The van der Waals surface area contributed by atoms with Crippen molar-refractivity contribution in [2.24, 2.45) is 0 Å². The molecule has 2 rings (SSSR count). The van der Waals surface area contributed by atoms with Crippen LogP contribution in [-0.2, 0) is 0 Å². The van der Waals surface area contributed by atoms with Crippen LogP contribution in [0.4, 0.5) is 5.82 Å². The standard InChI is InChI=1S/C12H8Cl2N2O2/c13-6-1-3-9(14)8(5-6)7-2-4-10(12(17)18)16-11(7)15/h1-5H,(H2,15,16)(H,17,18). The van der Waals surface area contributed by atoms with Crippen molar-refractivity contribution in [1.82, 2.24) is 4.98 Å². The number of aromatic carboxylic acids is 1. The summed E-state index contributed by atoms with van der Waals surface area (Å²) in [7, 11) is 0. The zero-order valence-corrected chi connectivity index (χ0v) is 10.5. The molecule has 0 saturated carbocycles. The molecule has 2 aromatic rings. The van der Waals surface area contributed by atoms with Crippen molar-refractivity contribution in [3.63, 3.8) is 0 Å². The van der Waals surface area contributed by atoms with Crippen LogP contribution in [0.15, 0.2) is 30.3 Å². The number of nitrogens with two attached hydrogens (primary N) is 1. The van der Waals surface area contributed by atoms with Crippen LogP contribution in [0.3, 0.4) is 0 Å². The molecule has 1 aromatic carbocycles. The average Bonchev–Trinajstić information content (AvgIpc) is 2.32. The number of nitrogen functional groups attached to an aromatic ring is 1. The van der Waals surface area contributed by atoms with Crippen molar-refractivity contribution in [3.05, 3.63) is 46.1 Å². The zero-order valence-electron chi connectivity index (χ0n) is 9.02. The molecule has 92 valence electrons. The van der Waals surface area contributed by atoms with Crippen LogP contribution in [0.1, 0.15) is 10.5 Å². The molecule has 0 aliphatic heterocycles. The Hall–Kier alpha value is -1.78. The maximum absolute atomic E-state index is 10.8. The lowest BCUT2D eigenvalue weighted by atomic mass is 10.1. The summed E-state index contributed by atoms with van der Waals surface area (Å²) in [4.78, 5) is 14.6. The highest BCUT2D eigenvalue weighted by molar-refractivity contribution is 6.35. The Kier molecular flexibility index (Phi) is 3.41. The summed E-state index contributed by atoms with van der Waals surface area (Å²) in [5.41, 5.74) is 6.78. The molecule has 0 unspecified atom stereocenters. The lowest BCUT2D eigenvalue weighted by Crippen LogP contribution is -2.04. The highest BCUT2D eigenvalue weighted by Crippen LogP contribution is 2.33. The van der Waals surface area contributed by atoms with E-state index in [0.29, 0.717) is 21.2 Å². The van der Waals surface area contributed by atoms with Crippen LogP contribution in [0.5, 0.6) is 0 Å². The number of anilines is 1. The molecule has 18 heavy (non-hydrogen) atoms. The van der Waals surface area contributed by atoms with E-state index < -0.39 is 5.97 Å². The lowest BCUT2D eigenvalue weighted by molar-refractivity contribution is 0.0690. The van der Waals surface area contributed by atoms with E-state index in [4.69, 9.17) is 34.0 Å². The minimum Gasteiger partial charge on any atom is -0.477 e. The van der Waals surface area contributed by atoms with Crippen LogP contribution in [0, 0.1) is 0 Å². The second kappa shape index (κ2) is 4.84. The number of halogens is 2. The van der Waals surface area contributed by atoms with Crippen molar-refractivity contribution >= 4 is 35.0 Å². The van der Waals surface area contributed by atoms with Gasteiger partial charge in [0.05, 0.1) is 0 Å². The Bertz CT molecular complexity index is 629. The Balaban J connectivity index is 2.58. The summed E-state index contributed by atoms with van der Waals surface area (Å²) < 4.78 is 0. The number of carbonyl (C=O) groups is 1. The highest BCUT2D eigenvalue weighted by atomic mass is 35.5. The molecule has 0 bridgehead atoms. The molecule has 3 N–H and O–H groups in total. The molecular weight excluding hydrogens is 275 g/mol. The summed E-state index contributed by atoms with van der Waals surface area (Å²) in [5.74, 6) is -1.04. The number of carboxylic acid groups (broad SMARTS) is 1. The Labute approximate surface area is 113 Å². The Morgan fingerprint density at radius 1 is 1.17 bits per heavy atom. The zero-order chi connectivity index (χ0) is 13.3. The predicted octanol–water partition coefficient (Wildman–Crippen LogP) is 3.34. The van der Waals surface area contributed by atoms with Gasteiger partial charge in [0.2, 0.25) is 0 Å². The molecule has 0 aliphatic rings. The fraction of sp³-hybridized carbons (Fsp3) is 0. The smallest absolute Gasteiger partial charge is 0.354 e. The van der Waals surface area contributed by atoms with E-state index in [0.717, 1.165) is 0 Å². The van der Waals surface area contributed by atoms with Crippen LogP contribution < -0.4 is 5.73 Å². The molecule has 0 atom stereocenters. The van der Waals surface area contributed by atoms with Gasteiger partial charge in [0, 0.05) is 21.2 Å². The first-order valence-corrected chi connectivity index (χ1v) is 5.70. The van der Waals surface area contributed by atoms with Crippen molar-refractivity contribution in [2.75, 3.05) is 5.73 Å². The summed E-state index contributed by atoms with van der Waals surface area (Å²) in [5, 5.41) is 9.78. The van der Waals surface area contributed by atoms with Gasteiger partial charge in [-0.3, -0.25) is 0 Å². The number of hydrogen-bond donors (Lipinski definition) is 2. The molecule has 0 fully saturated rings. The molecule has 0 spiro atoms. The number of pyridine rings is 1. The van der Waals surface area contributed by atoms with Gasteiger partial charge in [-0.15, -0.1) is 0 Å². The highest BCUT2D eigenvalue weighted by Gasteiger charge is 2.12. The maximum atomic E-state index is 10.8. The van der Waals surface area contributed by atoms with Gasteiger partial charge in [-0.2, -0.15) is 0 Å². The van der Waals surface area contributed by atoms with Crippen LogP contribution in [0.2, 0.25) is 10.0 Å². The van der Waals surface area contributed by atoms with Crippen LogP contribution >= 0.6 is 23.2 Å². The van der Waals surface area contributed by atoms with E-state index in [1.807, 2.05) is 0 Å². The molecule has 0 saturated heterocycles. The summed E-state index contributed by atoms with van der Waals surface area (Å²) in [6.07, 6.45) is 0. The lowest BCUT2D eigenvalue weighted by Gasteiger charge is -2.08. The number of aromatic nitrogens is 1. The first-order chi connectivity index (χ1) is 8.49. The Morgan fingerprint density at radius 2 is 1.89 bits per heavy atom. The monoisotopic (exact) mass is 282 g/mol. The fourth-order valence-electron chi connectivity index (χ4n) is 1.53. The van der Waals surface area contributed by atoms with Gasteiger partial charge >= 0.3 is 5.97 Å². The quantitative estimate of drug-likeness (QED) is 0.886. The number of carboxylic acids is 1. The minimum atomic E-state index is -1.13. The predicted molar refractivity (Wildman–Crippen MR) is 71.1 cm³/mol. The van der Waals surface area contributed by atoms with E-state index >= 15 is 0 Å². The number of benzene rings is 1. The largest absolute Gasteiger partial charge is 0.477 e. The van der Waals surface area contributed by atoms with E-state index in [1.165, 1.54) is 6.07 Å². The second-order valence-electron chi connectivity index (χ2n) is 3.56. The van der Waals surface area contributed by atoms with Gasteiger partial charge in [0.25, 0.3) is 0 Å². The first kappa shape index (κ1) is 12.7. The normalized spacial score (nSPS) is 10.3. The number of nitrogens with zero attached hydrogens (tertiary/aromatic N) is 1. The van der Waals surface area contributed by atoms with E-state index in [-0.39, 0.29) is 11.5 Å². The number of hydrogen-bond acceptors (Lipinski definition) is 3. The molecule has 4 nitrogen and oxygen atoms in total. The number of rotatable bonds is 2. The third-order valence-electron chi connectivity index (χ3n) is 2.36. The van der Waals surface area contributed by atoms with Gasteiger partial charge in [-0.1, -0.05) is 23.2 Å². The third kappa shape index (κ3) is 2.39. The molecule has 1 aromatic heterocycles.